The van der Waals surface area contributed by atoms with Crippen molar-refractivity contribution in [3.05, 3.63) is 75.9 Å². The molecule has 36 heavy (non-hydrogen) atoms. The van der Waals surface area contributed by atoms with E-state index < -0.39 is 5.91 Å². The number of ether oxygens (including phenoxy) is 2. The van der Waals surface area contributed by atoms with Crippen molar-refractivity contribution in [1.82, 2.24) is 19.7 Å². The first kappa shape index (κ1) is 23.2. The Hall–Kier alpha value is -4.60. The number of aryl methyl sites for hydroxylation is 1. The molecule has 3 heterocycles. The van der Waals surface area contributed by atoms with Crippen LogP contribution in [0, 0.1) is 0 Å². The second kappa shape index (κ2) is 9.95. The lowest BCUT2D eigenvalue weighted by Crippen LogP contribution is -2.24. The lowest BCUT2D eigenvalue weighted by Gasteiger charge is -2.15. The number of rotatable bonds is 7. The molecule has 10 nitrogen and oxygen atoms in total. The number of fused-ring (bicyclic) bond motifs is 1. The van der Waals surface area contributed by atoms with E-state index >= 15 is 0 Å². The molecule has 10 heteroatoms. The zero-order chi connectivity index (χ0) is 25.1. The number of amides is 1. The molecular weight excluding hydrogens is 462 g/mol. The number of furan rings is 1. The maximum Gasteiger partial charge on any atom is 0.255 e. The van der Waals surface area contributed by atoms with Crippen LogP contribution in [0.3, 0.4) is 0 Å². The van der Waals surface area contributed by atoms with E-state index in [-0.39, 0.29) is 11.5 Å². The van der Waals surface area contributed by atoms with Crippen molar-refractivity contribution in [3.63, 3.8) is 0 Å². The van der Waals surface area contributed by atoms with Gasteiger partial charge in [-0.1, -0.05) is 6.07 Å². The number of nitrogens with one attached hydrogen (secondary N) is 2. The van der Waals surface area contributed by atoms with Crippen LogP contribution in [-0.4, -0.2) is 39.9 Å². The topological polar surface area (TPSA) is 124 Å². The van der Waals surface area contributed by atoms with Crippen molar-refractivity contribution in [3.8, 4) is 28.9 Å². The third-order valence-corrected chi connectivity index (χ3v) is 5.95. The average Bonchev–Trinajstić information content (AvgIpc) is 3.58. The Morgan fingerprint density at radius 2 is 1.97 bits per heavy atom. The Labute approximate surface area is 206 Å². The van der Waals surface area contributed by atoms with E-state index in [1.54, 1.807) is 50.6 Å². The zero-order valence-electron chi connectivity index (χ0n) is 19.9. The molecule has 0 bridgehead atoms. The lowest BCUT2D eigenvalue weighted by atomic mass is 9.97. The van der Waals surface area contributed by atoms with E-state index in [4.69, 9.17) is 13.9 Å². The van der Waals surface area contributed by atoms with E-state index in [1.807, 2.05) is 6.07 Å². The number of hydrogen-bond acceptors (Lipinski definition) is 7. The Kier molecular flexibility index (Phi) is 6.40. The van der Waals surface area contributed by atoms with Crippen LogP contribution in [0.2, 0.25) is 0 Å². The first-order valence-electron chi connectivity index (χ1n) is 11.5. The molecule has 4 aromatic rings. The van der Waals surface area contributed by atoms with Gasteiger partial charge in [0.2, 0.25) is 11.9 Å². The minimum absolute atomic E-state index is 0.185. The monoisotopic (exact) mass is 487 g/mol. The van der Waals surface area contributed by atoms with Crippen LogP contribution in [0.4, 0.5) is 5.82 Å². The largest absolute Gasteiger partial charge is 0.493 e. The quantitative estimate of drug-likeness (QED) is 0.380. The van der Waals surface area contributed by atoms with Gasteiger partial charge in [0.25, 0.3) is 5.56 Å². The molecule has 0 unspecified atom stereocenters. The number of methoxy groups -OCH3 is 2. The normalized spacial score (nSPS) is 12.9. The van der Waals surface area contributed by atoms with Crippen LogP contribution in [0.1, 0.15) is 29.7 Å². The molecule has 1 aliphatic carbocycles. The smallest absolute Gasteiger partial charge is 0.255 e. The fourth-order valence-corrected chi connectivity index (χ4v) is 4.16. The van der Waals surface area contributed by atoms with Gasteiger partial charge < -0.3 is 19.2 Å². The van der Waals surface area contributed by atoms with Crippen LogP contribution in [0.15, 0.2) is 57.9 Å². The molecule has 0 saturated heterocycles. The number of aromatic nitrogens is 4. The van der Waals surface area contributed by atoms with Crippen LogP contribution >= 0.6 is 0 Å². The van der Waals surface area contributed by atoms with Crippen molar-refractivity contribution >= 4 is 17.8 Å². The van der Waals surface area contributed by atoms with Gasteiger partial charge in [-0.25, -0.2) is 4.98 Å². The Morgan fingerprint density at radius 1 is 1.14 bits per heavy atom. The second-order valence-corrected chi connectivity index (χ2v) is 8.26. The molecule has 0 saturated carbocycles. The molecule has 0 fully saturated rings. The third kappa shape index (κ3) is 4.65. The summed E-state index contributed by atoms with van der Waals surface area (Å²) in [5, 5.41) is 7.37. The molecule has 0 atom stereocenters. The molecule has 0 aliphatic heterocycles. The zero-order valence-corrected chi connectivity index (χ0v) is 19.9. The van der Waals surface area contributed by atoms with Crippen LogP contribution in [-0.2, 0) is 17.6 Å². The van der Waals surface area contributed by atoms with Crippen LogP contribution < -0.4 is 20.3 Å². The average molecular weight is 488 g/mol. The Morgan fingerprint density at radius 3 is 2.75 bits per heavy atom. The molecule has 5 rings (SSSR count). The van der Waals surface area contributed by atoms with Crippen molar-refractivity contribution < 1.29 is 18.7 Å². The number of H-pyrrole nitrogens is 1. The van der Waals surface area contributed by atoms with Gasteiger partial charge in [0.1, 0.15) is 11.5 Å². The summed E-state index contributed by atoms with van der Waals surface area (Å²) >= 11 is 0. The number of carbonyl (C=O) groups is 1. The van der Waals surface area contributed by atoms with Crippen molar-refractivity contribution in [1.29, 1.82) is 0 Å². The molecule has 3 aromatic heterocycles. The van der Waals surface area contributed by atoms with Crippen LogP contribution in [0.5, 0.6) is 11.5 Å². The van der Waals surface area contributed by atoms with E-state index in [0.29, 0.717) is 40.8 Å². The molecule has 1 aromatic carbocycles. The number of benzene rings is 1. The Bertz CT molecular complexity index is 1480. The summed E-state index contributed by atoms with van der Waals surface area (Å²) in [6.07, 6.45) is 7.98. The van der Waals surface area contributed by atoms with Gasteiger partial charge in [0, 0.05) is 17.7 Å². The van der Waals surface area contributed by atoms with Crippen molar-refractivity contribution in [2.45, 2.75) is 25.7 Å². The third-order valence-electron chi connectivity index (χ3n) is 5.95. The van der Waals surface area contributed by atoms with Gasteiger partial charge in [-0.15, -0.1) is 0 Å². The first-order valence-corrected chi connectivity index (χ1v) is 11.5. The van der Waals surface area contributed by atoms with Gasteiger partial charge in [0.05, 0.1) is 26.2 Å². The van der Waals surface area contributed by atoms with Gasteiger partial charge in [-0.2, -0.15) is 9.78 Å². The van der Waals surface area contributed by atoms with Crippen molar-refractivity contribution in [2.75, 3.05) is 19.5 Å². The molecule has 184 valence electrons. The summed E-state index contributed by atoms with van der Waals surface area (Å²) in [6, 6.07) is 10.5. The van der Waals surface area contributed by atoms with Crippen LogP contribution in [0.25, 0.3) is 23.5 Å². The standard InChI is InChI=1S/C26H25N5O5/c1-34-21-11-9-16(14-22(21)35-2)10-12-24(32)28-23-15-19(20-8-5-13-36-20)30-31(23)26-27-18-7-4-3-6-17(18)25(33)29-26/h5,8-15H,3-4,6-7H2,1-2H3,(H,28,32)(H,27,29,33)/b12-10-. The molecular formula is C26H25N5O5. The summed E-state index contributed by atoms with van der Waals surface area (Å²) in [7, 11) is 3.11. The van der Waals surface area contributed by atoms with Gasteiger partial charge >= 0.3 is 0 Å². The highest BCUT2D eigenvalue weighted by molar-refractivity contribution is 6.01. The molecule has 0 radical (unpaired) electrons. The molecule has 1 amide bonds. The number of anilines is 1. The second-order valence-electron chi connectivity index (χ2n) is 8.26. The minimum Gasteiger partial charge on any atom is -0.493 e. The maximum absolute atomic E-state index is 12.8. The van der Waals surface area contributed by atoms with E-state index in [9.17, 15) is 9.59 Å². The number of hydrogen-bond donors (Lipinski definition) is 2. The van der Waals surface area contributed by atoms with Crippen molar-refractivity contribution in [2.24, 2.45) is 0 Å². The summed E-state index contributed by atoms with van der Waals surface area (Å²) in [6.45, 7) is 0. The fourth-order valence-electron chi connectivity index (χ4n) is 4.16. The fraction of sp³-hybridized carbons (Fsp3) is 0.231. The predicted molar refractivity (Wildman–Crippen MR) is 134 cm³/mol. The SMILES string of the molecule is COc1ccc(/C=C\C(=O)Nc2cc(-c3ccco3)nn2-c2nc3c(c(=O)[nH]2)CCCC3)cc1OC. The van der Waals surface area contributed by atoms with E-state index in [0.717, 1.165) is 30.5 Å². The molecule has 2 N–H and O–H groups in total. The molecule has 1 aliphatic rings. The lowest BCUT2D eigenvalue weighted by molar-refractivity contribution is -0.111. The Balaban J connectivity index is 1.46. The summed E-state index contributed by atoms with van der Waals surface area (Å²) < 4.78 is 17.5. The highest BCUT2D eigenvalue weighted by Gasteiger charge is 2.20. The van der Waals surface area contributed by atoms with E-state index in [2.05, 4.69) is 20.4 Å². The summed E-state index contributed by atoms with van der Waals surface area (Å²) in [5.74, 6) is 1.85. The maximum atomic E-state index is 12.8. The van der Waals surface area contributed by atoms with Gasteiger partial charge in [0.15, 0.2) is 17.3 Å². The highest BCUT2D eigenvalue weighted by atomic mass is 16.5. The number of carbonyl (C=O) groups excluding carboxylic acids is 1. The summed E-state index contributed by atoms with van der Waals surface area (Å²) in [4.78, 5) is 33.0. The number of nitrogens with zero attached hydrogens (tertiary/aromatic N) is 3. The highest BCUT2D eigenvalue weighted by Crippen LogP contribution is 2.28. The van der Waals surface area contributed by atoms with Gasteiger partial charge in [-0.05, 0) is 61.6 Å². The first-order chi connectivity index (χ1) is 17.6. The van der Waals surface area contributed by atoms with E-state index in [1.165, 1.54) is 17.0 Å². The minimum atomic E-state index is -0.391. The predicted octanol–water partition coefficient (Wildman–Crippen LogP) is 3.76. The number of aromatic amines is 1. The molecule has 0 spiro atoms. The van der Waals surface area contributed by atoms with Gasteiger partial charge in [-0.3, -0.25) is 14.6 Å². The summed E-state index contributed by atoms with van der Waals surface area (Å²) in [5.41, 5.74) is 2.54.